The second-order valence-electron chi connectivity index (χ2n) is 17.5. The van der Waals surface area contributed by atoms with Gasteiger partial charge in [-0.25, -0.2) is 14.4 Å². The number of benzene rings is 5. The first-order chi connectivity index (χ1) is 38.6. The van der Waals surface area contributed by atoms with Gasteiger partial charge in [-0.2, -0.15) is 0 Å². The molecule has 0 bridgehead atoms. The van der Waals surface area contributed by atoms with Crippen molar-refractivity contribution in [3.05, 3.63) is 179 Å². The third kappa shape index (κ3) is 24.3. The van der Waals surface area contributed by atoms with E-state index in [0.29, 0.717) is 49.9 Å². The van der Waals surface area contributed by atoms with Gasteiger partial charge in [0.15, 0.2) is 0 Å². The molecule has 0 fully saturated rings. The Hall–Kier alpha value is -8.94. The van der Waals surface area contributed by atoms with E-state index in [4.69, 9.17) is 51.0 Å². The maximum atomic E-state index is 12.3. The smallest absolute Gasteiger partial charge is 0.481 e. The average Bonchev–Trinajstić information content (AvgIpc) is 3.45. The lowest BCUT2D eigenvalue weighted by Gasteiger charge is -2.25. The van der Waals surface area contributed by atoms with E-state index in [0.717, 1.165) is 30.0 Å². The van der Waals surface area contributed by atoms with E-state index in [9.17, 15) is 54.3 Å². The van der Waals surface area contributed by atoms with Gasteiger partial charge in [0.1, 0.15) is 18.3 Å². The summed E-state index contributed by atoms with van der Waals surface area (Å²) in [6.07, 6.45) is -2.59. The monoisotopic (exact) mass is 1150 g/mol. The zero-order valence-electron chi connectivity index (χ0n) is 44.6. The summed E-state index contributed by atoms with van der Waals surface area (Å²) in [5.74, 6) is -1.81. The lowest BCUT2D eigenvalue weighted by Crippen LogP contribution is -2.28. The van der Waals surface area contributed by atoms with E-state index in [1.54, 1.807) is 54.6 Å². The predicted octanol–water partition coefficient (Wildman–Crippen LogP) is 10.5. The second-order valence-corrected chi connectivity index (χ2v) is 17.8. The van der Waals surface area contributed by atoms with Crippen LogP contribution < -0.4 is 9.80 Å². The topological polar surface area (TPSA) is 348 Å². The number of aliphatic hydroxyl groups excluding tert-OH is 2. The lowest BCUT2D eigenvalue weighted by atomic mass is 10.1. The number of carboxylic acids is 2. The molecule has 4 N–H and O–H groups in total. The average molecular weight is 1150 g/mol. The number of nitrogens with zero attached hydrogens (tertiary/aromatic N) is 5. The Bertz CT molecular complexity index is 2750. The minimum absolute atomic E-state index is 0.0214. The highest BCUT2D eigenvalue weighted by atomic mass is 35.5. The molecule has 0 aromatic heterocycles. The highest BCUT2D eigenvalue weighted by molar-refractivity contribution is 6.61. The molecule has 3 unspecified atom stereocenters. The second kappa shape index (κ2) is 35.5. The number of aliphatic hydroxyl groups is 2. The molecule has 5 aromatic rings. The normalized spacial score (nSPS) is 11.5. The van der Waals surface area contributed by atoms with Gasteiger partial charge in [0.25, 0.3) is 17.1 Å². The number of hydrogen-bond donors (Lipinski definition) is 4. The van der Waals surface area contributed by atoms with Crippen molar-refractivity contribution in [2.45, 2.75) is 77.6 Å². The number of halogens is 1. The number of anilines is 2. The highest BCUT2D eigenvalue weighted by Gasteiger charge is 2.24. The summed E-state index contributed by atoms with van der Waals surface area (Å²) >= 11 is 5.02. The van der Waals surface area contributed by atoms with Crippen LogP contribution in [0.5, 0.6) is 0 Å². The number of nitro groups is 3. The Morgan fingerprint density at radius 3 is 1.06 bits per heavy atom. The molecule has 0 saturated heterocycles. The van der Waals surface area contributed by atoms with Gasteiger partial charge in [0.2, 0.25) is 0 Å². The van der Waals surface area contributed by atoms with E-state index >= 15 is 0 Å². The molecule has 0 saturated carbocycles. The first kappa shape index (κ1) is 66.3. The zero-order valence-corrected chi connectivity index (χ0v) is 45.4. The first-order valence-electron chi connectivity index (χ1n) is 25.2. The fraction of sp³-hybridized carbons (Fsp3) is 0.364. The Kier molecular flexibility index (Phi) is 29.1. The molecule has 5 aromatic carbocycles. The molecule has 81 heavy (non-hydrogen) atoms. The third-order valence-corrected chi connectivity index (χ3v) is 11.7. The van der Waals surface area contributed by atoms with Crippen molar-refractivity contribution < 1.29 is 82.9 Å². The van der Waals surface area contributed by atoms with E-state index < -0.39 is 62.8 Å². The number of hydrogen-bond acceptors (Lipinski definition) is 20. The van der Waals surface area contributed by atoms with Crippen molar-refractivity contribution >= 4 is 69.7 Å². The maximum Gasteiger partial charge on any atom is 0.508 e. The van der Waals surface area contributed by atoms with Gasteiger partial charge in [-0.1, -0.05) is 60.7 Å². The highest BCUT2D eigenvalue weighted by Crippen LogP contribution is 2.30. The Balaban J connectivity index is 0.000000410. The standard InChI is InChI=1S/C32H35N3O12.C14H21NO4.C9H8ClNO4/c1-22(26-9-3-5-11-28(26)34(40)41)46-31(38)44-19-7-17-33(25-15-13-24(14-16-25)21-30(36)37)18-8-20-45-32(39)47-23(2)27-10-4-6-12-29(27)35(42)43;16-9-1-7-15(8-2-10-17)13-5-3-12(4-6-13)11-14(18)19;1-6(15-9(10)12)7-4-2-3-5-8(7)11(13)14/h3-6,9-16,22-23H,7-8,17-21H2,1-2H3,(H,36,37);3-6,16-17H,1-2,7-11H2,(H,18,19);2-6H,1H3. The van der Waals surface area contributed by atoms with Crippen LogP contribution in [0.15, 0.2) is 121 Å². The van der Waals surface area contributed by atoms with Crippen molar-refractivity contribution in [2.75, 3.05) is 62.4 Å². The van der Waals surface area contributed by atoms with Crippen LogP contribution in [0.4, 0.5) is 42.8 Å². The summed E-state index contributed by atoms with van der Waals surface area (Å²) in [5.41, 5.74) is 2.45. The van der Waals surface area contributed by atoms with Gasteiger partial charge in [0, 0.05) is 80.6 Å². The number of carboxylic acid groups (broad SMARTS) is 2. The minimum atomic E-state index is -0.986. The quantitative estimate of drug-likeness (QED) is 0.00863. The van der Waals surface area contributed by atoms with E-state index in [-0.39, 0.29) is 67.5 Å². The van der Waals surface area contributed by atoms with Crippen LogP contribution in [0, 0.1) is 30.3 Å². The van der Waals surface area contributed by atoms with Gasteiger partial charge in [-0.15, -0.1) is 0 Å². The third-order valence-electron chi connectivity index (χ3n) is 11.6. The number of carbonyl (C=O) groups is 5. The van der Waals surface area contributed by atoms with Gasteiger partial charge >= 0.3 is 29.7 Å². The molecule has 0 aliphatic carbocycles. The van der Waals surface area contributed by atoms with Gasteiger partial charge < -0.3 is 53.9 Å². The molecule has 0 radical (unpaired) electrons. The molecular weight excluding hydrogens is 1090 g/mol. The number of ether oxygens (including phenoxy) is 5. The Morgan fingerprint density at radius 1 is 0.481 bits per heavy atom. The molecule has 0 heterocycles. The van der Waals surface area contributed by atoms with Crippen LogP contribution in [0.2, 0.25) is 0 Å². The van der Waals surface area contributed by atoms with Crippen LogP contribution in [-0.4, -0.2) is 117 Å². The predicted molar refractivity (Wildman–Crippen MR) is 294 cm³/mol. The minimum Gasteiger partial charge on any atom is -0.481 e. The van der Waals surface area contributed by atoms with Gasteiger partial charge in [0.05, 0.1) is 57.5 Å². The van der Waals surface area contributed by atoms with E-state index in [1.807, 2.05) is 17.0 Å². The van der Waals surface area contributed by atoms with Crippen molar-refractivity contribution in [3.8, 4) is 0 Å². The van der Waals surface area contributed by atoms with Crippen LogP contribution in [0.1, 0.15) is 92.6 Å². The Labute approximate surface area is 470 Å². The van der Waals surface area contributed by atoms with Crippen LogP contribution in [0.25, 0.3) is 0 Å². The van der Waals surface area contributed by atoms with E-state index in [1.165, 1.54) is 75.4 Å². The zero-order chi connectivity index (χ0) is 59.9. The van der Waals surface area contributed by atoms with Crippen molar-refractivity contribution in [1.82, 2.24) is 0 Å². The lowest BCUT2D eigenvalue weighted by molar-refractivity contribution is -0.386. The summed E-state index contributed by atoms with van der Waals surface area (Å²) in [6.45, 7) is 6.96. The van der Waals surface area contributed by atoms with Crippen LogP contribution in [0.3, 0.4) is 0 Å². The Morgan fingerprint density at radius 2 is 0.778 bits per heavy atom. The van der Waals surface area contributed by atoms with Gasteiger partial charge in [-0.05, 0) is 100 Å². The summed E-state index contributed by atoms with van der Waals surface area (Å²) in [4.78, 5) is 92.2. The largest absolute Gasteiger partial charge is 0.508 e. The molecular formula is C55H64ClN5O20. The molecule has 436 valence electrons. The fourth-order valence-electron chi connectivity index (χ4n) is 7.76. The molecule has 26 heteroatoms. The van der Waals surface area contributed by atoms with Gasteiger partial charge in [-0.3, -0.25) is 39.9 Å². The molecule has 25 nitrogen and oxygen atoms in total. The molecule has 5 rings (SSSR count). The summed E-state index contributed by atoms with van der Waals surface area (Å²) in [7, 11) is 0. The summed E-state index contributed by atoms with van der Waals surface area (Å²) < 4.78 is 25.5. The van der Waals surface area contributed by atoms with E-state index in [2.05, 4.69) is 9.64 Å². The SMILES string of the molecule is CC(OC(=O)Cl)c1ccccc1[N+](=O)[O-].CC(OC(=O)OCCCN(CCCOC(=O)OC(C)c1ccccc1[N+](=O)[O-])c1ccc(CC(=O)O)cc1)c1ccccc1[N+](=O)[O-].O=C(O)Cc1ccc(N(CCCO)CCCO)cc1. The number of aliphatic carboxylic acids is 2. The summed E-state index contributed by atoms with van der Waals surface area (Å²) in [6, 6.07) is 32.1. The van der Waals surface area contributed by atoms with Crippen molar-refractivity contribution in [2.24, 2.45) is 0 Å². The molecule has 3 atom stereocenters. The molecule has 0 aliphatic heterocycles. The first-order valence-corrected chi connectivity index (χ1v) is 25.6. The number of para-hydroxylation sites is 3. The number of carbonyl (C=O) groups excluding carboxylic acids is 3. The maximum absolute atomic E-state index is 12.3. The van der Waals surface area contributed by atoms with Crippen molar-refractivity contribution in [1.29, 1.82) is 0 Å². The fourth-order valence-corrected chi connectivity index (χ4v) is 7.90. The number of nitro benzene ring substituents is 3. The van der Waals surface area contributed by atoms with Crippen LogP contribution >= 0.6 is 11.6 Å². The van der Waals surface area contributed by atoms with Crippen molar-refractivity contribution in [3.63, 3.8) is 0 Å². The summed E-state index contributed by atoms with van der Waals surface area (Å²) in [5, 5.41) is 68.7. The molecule has 0 spiro atoms. The molecule has 0 aliphatic rings. The number of rotatable bonds is 29. The van der Waals surface area contributed by atoms with Crippen LogP contribution in [-0.2, 0) is 46.1 Å². The molecule has 0 amide bonds.